The molecular formula is C16H22O3. The van der Waals surface area contributed by atoms with E-state index in [1.54, 1.807) is 0 Å². The maximum absolute atomic E-state index is 12.5. The summed E-state index contributed by atoms with van der Waals surface area (Å²) in [6.07, 6.45) is 0. The van der Waals surface area contributed by atoms with Gasteiger partial charge >= 0.3 is 5.97 Å². The Morgan fingerprint density at radius 1 is 1.16 bits per heavy atom. The quantitative estimate of drug-likeness (QED) is 0.784. The zero-order chi connectivity index (χ0) is 14.3. The maximum atomic E-state index is 12.5. The number of rotatable bonds is 3. The summed E-state index contributed by atoms with van der Waals surface area (Å²) in [6, 6.07) is 9.61. The van der Waals surface area contributed by atoms with E-state index in [4.69, 9.17) is 9.47 Å². The average Bonchev–Trinajstić information content (AvgIpc) is 2.36. The second-order valence-electron chi connectivity index (χ2n) is 6.01. The first-order valence-corrected chi connectivity index (χ1v) is 6.72. The monoisotopic (exact) mass is 262 g/mol. The van der Waals surface area contributed by atoms with Crippen LogP contribution in [0.15, 0.2) is 30.3 Å². The molecule has 0 bridgehead atoms. The molecule has 0 aromatic heterocycles. The largest absolute Gasteiger partial charge is 0.464 e. The summed E-state index contributed by atoms with van der Waals surface area (Å²) in [5, 5.41) is 0. The normalized spacial score (nSPS) is 27.4. The minimum atomic E-state index is -1.01. The van der Waals surface area contributed by atoms with Crippen LogP contribution in [0.25, 0.3) is 0 Å². The van der Waals surface area contributed by atoms with Crippen molar-refractivity contribution < 1.29 is 14.3 Å². The Bertz CT molecular complexity index is 476. The Labute approximate surface area is 114 Å². The number of hydrogen-bond donors (Lipinski definition) is 0. The lowest BCUT2D eigenvalue weighted by Crippen LogP contribution is -2.73. The second-order valence-corrected chi connectivity index (χ2v) is 6.01. The summed E-state index contributed by atoms with van der Waals surface area (Å²) in [5.41, 5.74) is -0.852. The van der Waals surface area contributed by atoms with Crippen molar-refractivity contribution in [1.29, 1.82) is 0 Å². The third-order valence-electron chi connectivity index (χ3n) is 4.54. The molecule has 1 aromatic rings. The number of ether oxygens (including phenoxy) is 2. The van der Waals surface area contributed by atoms with Crippen LogP contribution in [0.5, 0.6) is 0 Å². The molecule has 1 aliphatic rings. The van der Waals surface area contributed by atoms with Gasteiger partial charge in [0.25, 0.3) is 0 Å². The van der Waals surface area contributed by atoms with Gasteiger partial charge in [-0.3, -0.25) is 0 Å². The fourth-order valence-corrected chi connectivity index (χ4v) is 2.76. The first kappa shape index (κ1) is 14.1. The first-order valence-electron chi connectivity index (χ1n) is 6.72. The van der Waals surface area contributed by atoms with E-state index in [0.29, 0.717) is 6.61 Å². The molecule has 1 heterocycles. The summed E-state index contributed by atoms with van der Waals surface area (Å²) in [5.74, 6) is -0.300. The zero-order valence-electron chi connectivity index (χ0n) is 12.3. The molecule has 0 radical (unpaired) electrons. The maximum Gasteiger partial charge on any atom is 0.343 e. The lowest BCUT2D eigenvalue weighted by molar-refractivity contribution is -0.353. The standard InChI is InChI=1S/C16H22O3/c1-6-18-13(17)16(12-10-8-7-9-11-12)14(2,3)15(4,5)19-16/h7-11H,6H2,1-5H3/t16-/m1/s1. The van der Waals surface area contributed by atoms with Crippen LogP contribution in [0.1, 0.15) is 40.2 Å². The van der Waals surface area contributed by atoms with Gasteiger partial charge in [0.2, 0.25) is 0 Å². The molecule has 1 saturated heterocycles. The van der Waals surface area contributed by atoms with E-state index in [1.165, 1.54) is 0 Å². The van der Waals surface area contributed by atoms with E-state index >= 15 is 0 Å². The number of carbonyl (C=O) groups is 1. The Morgan fingerprint density at radius 3 is 2.16 bits per heavy atom. The molecule has 19 heavy (non-hydrogen) atoms. The summed E-state index contributed by atoms with van der Waals surface area (Å²) >= 11 is 0. The van der Waals surface area contributed by atoms with Gasteiger partial charge in [-0.1, -0.05) is 44.2 Å². The van der Waals surface area contributed by atoms with Gasteiger partial charge in [0.05, 0.1) is 12.2 Å². The summed E-state index contributed by atoms with van der Waals surface area (Å²) < 4.78 is 11.3. The van der Waals surface area contributed by atoms with E-state index in [1.807, 2.05) is 51.1 Å². The van der Waals surface area contributed by atoms with Gasteiger partial charge in [0.1, 0.15) is 0 Å². The molecule has 0 saturated carbocycles. The fourth-order valence-electron chi connectivity index (χ4n) is 2.76. The lowest BCUT2D eigenvalue weighted by Gasteiger charge is -2.64. The number of benzene rings is 1. The Balaban J connectivity index is 2.52. The Hall–Kier alpha value is -1.35. The van der Waals surface area contributed by atoms with Gasteiger partial charge in [-0.25, -0.2) is 4.79 Å². The van der Waals surface area contributed by atoms with Crippen LogP contribution in [0.4, 0.5) is 0 Å². The van der Waals surface area contributed by atoms with Crippen LogP contribution < -0.4 is 0 Å². The Kier molecular flexibility index (Phi) is 3.21. The predicted octanol–water partition coefficient (Wildman–Crippen LogP) is 3.28. The molecule has 0 unspecified atom stereocenters. The molecule has 3 heteroatoms. The van der Waals surface area contributed by atoms with Crippen LogP contribution in [0, 0.1) is 5.41 Å². The van der Waals surface area contributed by atoms with Crippen molar-refractivity contribution in [2.45, 2.75) is 45.8 Å². The summed E-state index contributed by atoms with van der Waals surface area (Å²) in [7, 11) is 0. The van der Waals surface area contributed by atoms with Gasteiger partial charge in [-0.05, 0) is 26.3 Å². The lowest BCUT2D eigenvalue weighted by atomic mass is 9.56. The highest BCUT2D eigenvalue weighted by Gasteiger charge is 2.72. The van der Waals surface area contributed by atoms with Crippen molar-refractivity contribution in [1.82, 2.24) is 0 Å². The molecule has 0 N–H and O–H groups in total. The SMILES string of the molecule is CCOC(=O)[C@@]1(c2ccccc2)OC(C)(C)C1(C)C. The van der Waals surface area contributed by atoms with E-state index < -0.39 is 5.60 Å². The molecule has 2 rings (SSSR count). The predicted molar refractivity (Wildman–Crippen MR) is 73.7 cm³/mol. The first-order chi connectivity index (χ1) is 8.79. The molecule has 0 aliphatic carbocycles. The zero-order valence-corrected chi connectivity index (χ0v) is 12.3. The fraction of sp³-hybridized carbons (Fsp3) is 0.562. The highest BCUT2D eigenvalue weighted by atomic mass is 16.6. The minimum Gasteiger partial charge on any atom is -0.464 e. The molecule has 1 atom stereocenters. The van der Waals surface area contributed by atoms with E-state index in [9.17, 15) is 4.79 Å². The molecule has 0 spiro atoms. The smallest absolute Gasteiger partial charge is 0.343 e. The molecule has 1 fully saturated rings. The minimum absolute atomic E-state index is 0.300. The molecule has 104 valence electrons. The van der Waals surface area contributed by atoms with Crippen LogP contribution in [-0.2, 0) is 19.9 Å². The highest BCUT2D eigenvalue weighted by Crippen LogP contribution is 2.62. The number of carbonyl (C=O) groups excluding carboxylic acids is 1. The molecular weight excluding hydrogens is 240 g/mol. The summed E-state index contributed by atoms with van der Waals surface area (Å²) in [4.78, 5) is 12.5. The van der Waals surface area contributed by atoms with Gasteiger partial charge in [0.15, 0.2) is 5.60 Å². The van der Waals surface area contributed by atoms with Gasteiger partial charge in [0, 0.05) is 5.41 Å². The van der Waals surface area contributed by atoms with Crippen molar-refractivity contribution in [3.8, 4) is 0 Å². The Morgan fingerprint density at radius 2 is 1.74 bits per heavy atom. The van der Waals surface area contributed by atoms with Crippen molar-refractivity contribution in [2.24, 2.45) is 5.41 Å². The summed E-state index contributed by atoms with van der Waals surface area (Å²) in [6.45, 7) is 10.3. The third-order valence-corrected chi connectivity index (χ3v) is 4.54. The van der Waals surface area contributed by atoms with Gasteiger partial charge < -0.3 is 9.47 Å². The van der Waals surface area contributed by atoms with Crippen molar-refractivity contribution >= 4 is 5.97 Å². The van der Waals surface area contributed by atoms with Crippen LogP contribution in [0.3, 0.4) is 0 Å². The third kappa shape index (κ3) is 1.71. The molecule has 0 amide bonds. The van der Waals surface area contributed by atoms with Crippen LogP contribution in [-0.4, -0.2) is 18.2 Å². The van der Waals surface area contributed by atoms with Gasteiger partial charge in [-0.2, -0.15) is 0 Å². The van der Waals surface area contributed by atoms with Crippen molar-refractivity contribution in [2.75, 3.05) is 6.61 Å². The highest BCUT2D eigenvalue weighted by molar-refractivity contribution is 5.84. The van der Waals surface area contributed by atoms with E-state index in [-0.39, 0.29) is 17.0 Å². The van der Waals surface area contributed by atoms with Gasteiger partial charge in [-0.15, -0.1) is 0 Å². The molecule has 3 nitrogen and oxygen atoms in total. The van der Waals surface area contributed by atoms with Crippen molar-refractivity contribution in [3.63, 3.8) is 0 Å². The number of hydrogen-bond acceptors (Lipinski definition) is 3. The van der Waals surface area contributed by atoms with E-state index in [2.05, 4.69) is 13.8 Å². The number of esters is 1. The topological polar surface area (TPSA) is 35.5 Å². The molecule has 1 aliphatic heterocycles. The second kappa shape index (κ2) is 4.34. The molecule has 1 aromatic carbocycles. The van der Waals surface area contributed by atoms with Crippen LogP contribution in [0.2, 0.25) is 0 Å². The van der Waals surface area contributed by atoms with Crippen LogP contribution >= 0.6 is 0 Å². The average molecular weight is 262 g/mol. The van der Waals surface area contributed by atoms with Crippen molar-refractivity contribution in [3.05, 3.63) is 35.9 Å². The van der Waals surface area contributed by atoms with E-state index in [0.717, 1.165) is 5.56 Å².